The van der Waals surface area contributed by atoms with Gasteiger partial charge in [0.05, 0.1) is 29.5 Å². The third-order valence-corrected chi connectivity index (χ3v) is 11.9. The molecule has 2 aliphatic rings. The number of nitrogens with two attached hydrogens (primary N) is 2. The van der Waals surface area contributed by atoms with Crippen molar-refractivity contribution in [2.45, 2.75) is 56.4 Å². The lowest BCUT2D eigenvalue weighted by Crippen LogP contribution is -2.52. The second-order valence-corrected chi connectivity index (χ2v) is 14.5. The van der Waals surface area contributed by atoms with Crippen molar-refractivity contribution < 1.29 is 14.7 Å². The SMILES string of the molecule is CCS(C)(C)C1(C(=O)N=C(N)C2=C(N)C(C)(C)N(C(=O)NC(CO)c3ccccc3)C2)CCC1. The van der Waals surface area contributed by atoms with Crippen LogP contribution in [0.4, 0.5) is 4.79 Å². The van der Waals surface area contributed by atoms with Gasteiger partial charge in [-0.2, -0.15) is 4.99 Å². The number of amides is 3. The highest BCUT2D eigenvalue weighted by molar-refractivity contribution is 8.34. The van der Waals surface area contributed by atoms with Crippen LogP contribution in [0.1, 0.15) is 51.6 Å². The lowest BCUT2D eigenvalue weighted by atomic mass is 9.83. The molecule has 0 spiro atoms. The summed E-state index contributed by atoms with van der Waals surface area (Å²) in [6, 6.07) is 8.34. The van der Waals surface area contributed by atoms with Crippen LogP contribution in [-0.4, -0.2) is 69.5 Å². The molecule has 0 bridgehead atoms. The number of hydrogen-bond donors (Lipinski definition) is 4. The number of nitrogens with zero attached hydrogens (tertiary/aromatic N) is 2. The van der Waals surface area contributed by atoms with Crippen molar-refractivity contribution in [2.75, 3.05) is 31.4 Å². The summed E-state index contributed by atoms with van der Waals surface area (Å²) in [5.41, 5.74) is 13.7. The van der Waals surface area contributed by atoms with E-state index >= 15 is 0 Å². The predicted octanol–water partition coefficient (Wildman–Crippen LogP) is 2.63. The molecule has 1 saturated carbocycles. The van der Waals surface area contributed by atoms with Crippen molar-refractivity contribution >= 4 is 27.8 Å². The van der Waals surface area contributed by atoms with Gasteiger partial charge in [-0.1, -0.05) is 37.3 Å². The summed E-state index contributed by atoms with van der Waals surface area (Å²) in [6.45, 7) is 5.69. The predicted molar refractivity (Wildman–Crippen MR) is 140 cm³/mol. The van der Waals surface area contributed by atoms with Gasteiger partial charge in [-0.25, -0.2) is 14.8 Å². The summed E-state index contributed by atoms with van der Waals surface area (Å²) < 4.78 is -0.420. The fourth-order valence-electron chi connectivity index (χ4n) is 4.70. The van der Waals surface area contributed by atoms with Crippen molar-refractivity contribution in [3.05, 3.63) is 47.2 Å². The van der Waals surface area contributed by atoms with Crippen molar-refractivity contribution in [3.8, 4) is 0 Å². The van der Waals surface area contributed by atoms with Gasteiger partial charge in [0.15, 0.2) is 0 Å². The quantitative estimate of drug-likeness (QED) is 0.345. The Balaban J connectivity index is 1.81. The topological polar surface area (TPSA) is 134 Å². The molecule has 1 unspecified atom stereocenters. The molecule has 34 heavy (non-hydrogen) atoms. The van der Waals surface area contributed by atoms with Crippen LogP contribution in [0.5, 0.6) is 0 Å². The molecule has 1 heterocycles. The molecule has 1 fully saturated rings. The van der Waals surface area contributed by atoms with Crippen LogP contribution in [0.25, 0.3) is 0 Å². The number of nitrogens with one attached hydrogen (secondary N) is 1. The van der Waals surface area contributed by atoms with Crippen LogP contribution in [0.3, 0.4) is 0 Å². The Morgan fingerprint density at radius 1 is 1.24 bits per heavy atom. The molecule has 1 aliphatic carbocycles. The molecule has 0 radical (unpaired) electrons. The van der Waals surface area contributed by atoms with Gasteiger partial charge in [0.25, 0.3) is 5.91 Å². The first-order valence-electron chi connectivity index (χ1n) is 11.7. The Morgan fingerprint density at radius 3 is 2.35 bits per heavy atom. The first-order chi connectivity index (χ1) is 15.9. The highest BCUT2D eigenvalue weighted by Crippen LogP contribution is 2.62. The second kappa shape index (κ2) is 9.62. The molecule has 3 rings (SSSR count). The van der Waals surface area contributed by atoms with Gasteiger partial charge in [0, 0.05) is 11.3 Å². The molecule has 0 saturated heterocycles. The van der Waals surface area contributed by atoms with Crippen molar-refractivity contribution in [3.63, 3.8) is 0 Å². The molecule has 6 N–H and O–H groups in total. The fourth-order valence-corrected chi connectivity index (χ4v) is 7.17. The van der Waals surface area contributed by atoms with Gasteiger partial charge in [-0.15, -0.1) is 0 Å². The fraction of sp³-hybridized carbons (Fsp3) is 0.560. The van der Waals surface area contributed by atoms with Crippen molar-refractivity contribution in [1.29, 1.82) is 0 Å². The third-order valence-electron chi connectivity index (χ3n) is 7.76. The number of carbonyl (C=O) groups is 2. The minimum absolute atomic E-state index is 0.0882. The third kappa shape index (κ3) is 4.43. The number of amidine groups is 1. The maximum Gasteiger partial charge on any atom is 0.319 e. The Hall–Kier alpha value is -2.52. The minimum Gasteiger partial charge on any atom is -0.400 e. The van der Waals surface area contributed by atoms with Crippen molar-refractivity contribution in [1.82, 2.24) is 10.2 Å². The number of benzene rings is 1. The first kappa shape index (κ1) is 26.1. The molecule has 1 atom stereocenters. The molecule has 8 nitrogen and oxygen atoms in total. The molecular weight excluding hydrogens is 450 g/mol. The van der Waals surface area contributed by atoms with E-state index in [1.165, 1.54) is 0 Å². The smallest absolute Gasteiger partial charge is 0.319 e. The monoisotopic (exact) mass is 489 g/mol. The number of urea groups is 1. The molecule has 3 amide bonds. The highest BCUT2D eigenvalue weighted by Gasteiger charge is 2.52. The summed E-state index contributed by atoms with van der Waals surface area (Å²) in [6.07, 6.45) is 7.10. The van der Waals surface area contributed by atoms with Crippen LogP contribution >= 0.6 is 10.0 Å². The molecule has 188 valence electrons. The van der Waals surface area contributed by atoms with Crippen LogP contribution in [0, 0.1) is 0 Å². The Labute approximate surface area is 204 Å². The molecule has 1 aromatic rings. The maximum atomic E-state index is 13.3. The number of aliphatic hydroxyl groups is 1. The van der Waals surface area contributed by atoms with Crippen LogP contribution in [0.2, 0.25) is 0 Å². The number of rotatable bonds is 7. The summed E-state index contributed by atoms with van der Waals surface area (Å²) in [7, 11) is -1.15. The molecular formula is C25H39N5O3S. The van der Waals surface area contributed by atoms with E-state index in [9.17, 15) is 14.7 Å². The zero-order valence-corrected chi connectivity index (χ0v) is 21.7. The summed E-state index contributed by atoms with van der Waals surface area (Å²) >= 11 is 0. The van der Waals surface area contributed by atoms with E-state index in [2.05, 4.69) is 29.7 Å². The van der Waals surface area contributed by atoms with Crippen LogP contribution in [0.15, 0.2) is 46.6 Å². The van der Waals surface area contributed by atoms with Gasteiger partial charge in [-0.3, -0.25) is 4.79 Å². The lowest BCUT2D eigenvalue weighted by Gasteiger charge is -2.54. The van der Waals surface area contributed by atoms with Crippen LogP contribution in [-0.2, 0) is 4.79 Å². The summed E-state index contributed by atoms with van der Waals surface area (Å²) in [4.78, 5) is 32.4. The van der Waals surface area contributed by atoms with Gasteiger partial charge in [-0.05, 0) is 56.9 Å². The van der Waals surface area contributed by atoms with Crippen LogP contribution < -0.4 is 16.8 Å². The van der Waals surface area contributed by atoms with Gasteiger partial charge in [0.1, 0.15) is 5.84 Å². The highest BCUT2D eigenvalue weighted by atomic mass is 32.3. The summed E-state index contributed by atoms with van der Waals surface area (Å²) in [5.74, 6) is 0.877. The standard InChI is InChI=1S/C25H39N5O3S/c1-6-34(4,5)25(13-10-14-25)22(32)29-21(27)18-15-30(24(2,3)20(18)26)23(33)28-19(16-31)17-11-8-7-9-12-17/h7-9,11-12,19,31H,6,10,13-16,26H2,1-5H3,(H,28,33)(H2,27,29,32). The van der Waals surface area contributed by atoms with E-state index < -0.39 is 26.4 Å². The first-order valence-corrected chi connectivity index (χ1v) is 14.4. The van der Waals surface area contributed by atoms with E-state index in [0.717, 1.165) is 30.6 Å². The lowest BCUT2D eigenvalue weighted by molar-refractivity contribution is -0.122. The number of carbonyl (C=O) groups excluding carboxylic acids is 2. The summed E-state index contributed by atoms with van der Waals surface area (Å²) in [5, 5.41) is 12.7. The molecule has 9 heteroatoms. The van der Waals surface area contributed by atoms with E-state index in [0.29, 0.717) is 11.3 Å². The molecule has 1 aliphatic heterocycles. The number of aliphatic imine (C=N–C) groups is 1. The Morgan fingerprint density at radius 2 is 1.85 bits per heavy atom. The Kier molecular flexibility index (Phi) is 7.38. The zero-order valence-electron chi connectivity index (χ0n) is 20.9. The van der Waals surface area contributed by atoms with Gasteiger partial charge in [0.2, 0.25) is 0 Å². The molecule has 1 aromatic carbocycles. The van der Waals surface area contributed by atoms with Gasteiger partial charge >= 0.3 is 6.03 Å². The van der Waals surface area contributed by atoms with E-state index in [-0.39, 0.29) is 30.9 Å². The van der Waals surface area contributed by atoms with E-state index in [1.54, 1.807) is 4.90 Å². The largest absolute Gasteiger partial charge is 0.400 e. The Bertz CT molecular complexity index is 999. The second-order valence-electron chi connectivity index (χ2n) is 10.1. The maximum absolute atomic E-state index is 13.3. The average Bonchev–Trinajstić information content (AvgIpc) is 3.00. The average molecular weight is 490 g/mol. The number of hydrogen-bond acceptors (Lipinski definition) is 4. The minimum atomic E-state index is -1.15. The van der Waals surface area contributed by atoms with E-state index in [4.69, 9.17) is 11.5 Å². The number of aliphatic hydroxyl groups excluding tert-OH is 1. The normalized spacial score (nSPS) is 21.1. The molecule has 0 aromatic heterocycles. The van der Waals surface area contributed by atoms with Gasteiger partial charge < -0.3 is 26.8 Å². The zero-order chi connectivity index (χ0) is 25.3. The van der Waals surface area contributed by atoms with Crippen molar-refractivity contribution in [2.24, 2.45) is 16.5 Å². The van der Waals surface area contributed by atoms with E-state index in [1.807, 2.05) is 44.2 Å².